The van der Waals surface area contributed by atoms with Crippen molar-refractivity contribution >= 4 is 28.6 Å². The van der Waals surface area contributed by atoms with Crippen molar-refractivity contribution in [3.8, 4) is 0 Å². The van der Waals surface area contributed by atoms with Gasteiger partial charge in [-0.05, 0) is 19.4 Å². The number of aromatic nitrogens is 5. The van der Waals surface area contributed by atoms with E-state index in [1.54, 1.807) is 4.90 Å². The molecule has 4 rings (SSSR count). The summed E-state index contributed by atoms with van der Waals surface area (Å²) in [5.41, 5.74) is 0.357. The quantitative estimate of drug-likeness (QED) is 0.503. The summed E-state index contributed by atoms with van der Waals surface area (Å²) in [6.45, 7) is 0.659. The lowest BCUT2D eigenvalue weighted by atomic mass is 10.1. The summed E-state index contributed by atoms with van der Waals surface area (Å²) in [4.78, 5) is 18.3. The highest BCUT2D eigenvalue weighted by molar-refractivity contribution is 5.79. The van der Waals surface area contributed by atoms with Crippen molar-refractivity contribution in [1.82, 2.24) is 24.5 Å². The standard InChI is InChI=1S/C19H21F4N7O2/c1-10(19(21,22)23)30-13-6-16(25-7-12(13)26-17(30)9-31)27-15-2-4-24-18(28-15)29-5-3-14(32)11(20)8-29/h2,4,6-7,10-11,14,31-32H,3,5,8-9H2,1H3,(H,24,25,27,28). The van der Waals surface area contributed by atoms with Gasteiger partial charge in [0.25, 0.3) is 0 Å². The summed E-state index contributed by atoms with van der Waals surface area (Å²) in [7, 11) is 0. The van der Waals surface area contributed by atoms with Gasteiger partial charge >= 0.3 is 6.18 Å². The predicted octanol–water partition coefficient (Wildman–Crippen LogP) is 2.49. The average molecular weight is 455 g/mol. The van der Waals surface area contributed by atoms with Crippen molar-refractivity contribution in [3.05, 3.63) is 30.4 Å². The molecule has 3 N–H and O–H groups in total. The molecule has 0 radical (unpaired) electrons. The molecule has 3 aromatic heterocycles. The molecule has 1 fully saturated rings. The van der Waals surface area contributed by atoms with E-state index in [0.717, 1.165) is 11.5 Å². The van der Waals surface area contributed by atoms with Crippen LogP contribution >= 0.6 is 0 Å². The molecule has 0 bridgehead atoms. The van der Waals surface area contributed by atoms with Gasteiger partial charge < -0.3 is 25.0 Å². The number of alkyl halides is 4. The molecule has 1 aliphatic heterocycles. The summed E-state index contributed by atoms with van der Waals surface area (Å²) >= 11 is 0. The lowest BCUT2D eigenvalue weighted by molar-refractivity contribution is -0.162. The van der Waals surface area contributed by atoms with Crippen LogP contribution in [0.3, 0.4) is 0 Å². The third-order valence-corrected chi connectivity index (χ3v) is 5.34. The van der Waals surface area contributed by atoms with Crippen LogP contribution in [0.25, 0.3) is 11.0 Å². The molecule has 32 heavy (non-hydrogen) atoms. The third kappa shape index (κ3) is 4.30. The zero-order valence-corrected chi connectivity index (χ0v) is 17.0. The van der Waals surface area contributed by atoms with Crippen molar-refractivity contribution in [2.45, 2.75) is 44.4 Å². The first kappa shape index (κ1) is 22.1. The van der Waals surface area contributed by atoms with E-state index in [1.807, 2.05) is 0 Å². The van der Waals surface area contributed by atoms with Crippen LogP contribution in [0, 0.1) is 0 Å². The van der Waals surface area contributed by atoms with Crippen LogP contribution in [0.5, 0.6) is 0 Å². The largest absolute Gasteiger partial charge is 0.408 e. The van der Waals surface area contributed by atoms with E-state index in [2.05, 4.69) is 25.3 Å². The van der Waals surface area contributed by atoms with Crippen molar-refractivity contribution in [2.24, 2.45) is 0 Å². The number of aliphatic hydroxyl groups is 2. The minimum Gasteiger partial charge on any atom is -0.390 e. The fraction of sp³-hybridized carbons (Fsp3) is 0.474. The molecule has 3 atom stereocenters. The minimum atomic E-state index is -4.54. The van der Waals surface area contributed by atoms with E-state index in [0.29, 0.717) is 12.4 Å². The molecule has 1 saturated heterocycles. The maximum Gasteiger partial charge on any atom is 0.408 e. The second kappa shape index (κ2) is 8.47. The molecule has 13 heteroatoms. The Morgan fingerprint density at radius 1 is 1.25 bits per heavy atom. The zero-order valence-electron chi connectivity index (χ0n) is 17.0. The highest BCUT2D eigenvalue weighted by atomic mass is 19.4. The number of halogens is 4. The Kier molecular flexibility index (Phi) is 5.86. The van der Waals surface area contributed by atoms with Crippen LogP contribution in [0.1, 0.15) is 25.2 Å². The summed E-state index contributed by atoms with van der Waals surface area (Å²) in [6.07, 6.45) is -3.96. The normalized spacial score (nSPS) is 20.5. The number of hydrogen-bond donors (Lipinski definition) is 3. The highest BCUT2D eigenvalue weighted by Gasteiger charge is 2.39. The van der Waals surface area contributed by atoms with Crippen molar-refractivity contribution in [1.29, 1.82) is 0 Å². The third-order valence-electron chi connectivity index (χ3n) is 5.34. The number of fused-ring (bicyclic) bond motifs is 1. The molecular weight excluding hydrogens is 434 g/mol. The fourth-order valence-corrected chi connectivity index (χ4v) is 3.58. The smallest absolute Gasteiger partial charge is 0.390 e. The Morgan fingerprint density at radius 3 is 2.72 bits per heavy atom. The molecule has 3 unspecified atom stereocenters. The van der Waals surface area contributed by atoms with E-state index in [4.69, 9.17) is 0 Å². The Morgan fingerprint density at radius 2 is 2.03 bits per heavy atom. The zero-order chi connectivity index (χ0) is 23.0. The van der Waals surface area contributed by atoms with E-state index in [1.165, 1.54) is 24.5 Å². The van der Waals surface area contributed by atoms with Crippen LogP contribution in [0.2, 0.25) is 0 Å². The molecule has 0 saturated carbocycles. The Hall–Kier alpha value is -3.06. The van der Waals surface area contributed by atoms with E-state index in [9.17, 15) is 27.8 Å². The molecule has 3 aromatic rings. The summed E-state index contributed by atoms with van der Waals surface area (Å²) in [5, 5.41) is 21.9. The van der Waals surface area contributed by atoms with Gasteiger partial charge in [-0.25, -0.2) is 19.3 Å². The number of aliphatic hydroxyl groups excluding tert-OH is 2. The molecule has 0 spiro atoms. The maximum atomic E-state index is 13.8. The first-order chi connectivity index (χ1) is 15.2. The van der Waals surface area contributed by atoms with Gasteiger partial charge in [-0.15, -0.1) is 0 Å². The van der Waals surface area contributed by atoms with Crippen molar-refractivity contribution in [2.75, 3.05) is 23.3 Å². The second-order valence-corrected chi connectivity index (χ2v) is 7.52. The van der Waals surface area contributed by atoms with Gasteiger partial charge in [-0.3, -0.25) is 0 Å². The lowest BCUT2D eigenvalue weighted by Crippen LogP contribution is -2.45. The number of pyridine rings is 1. The Balaban J connectivity index is 1.63. The van der Waals surface area contributed by atoms with E-state index in [-0.39, 0.29) is 41.6 Å². The second-order valence-electron chi connectivity index (χ2n) is 7.52. The van der Waals surface area contributed by atoms with Gasteiger partial charge in [-0.1, -0.05) is 0 Å². The van der Waals surface area contributed by atoms with Gasteiger partial charge in [0.15, 0.2) is 0 Å². The number of nitrogens with zero attached hydrogens (tertiary/aromatic N) is 6. The Bertz CT molecular complexity index is 1110. The SMILES string of the molecule is CC(n1c(CO)nc2cnc(Nc3ccnc(N4CCC(O)C(F)C4)n3)cc21)C(F)(F)F. The topological polar surface area (TPSA) is 112 Å². The van der Waals surface area contributed by atoms with Crippen LogP contribution in [-0.4, -0.2) is 66.3 Å². The highest BCUT2D eigenvalue weighted by Crippen LogP contribution is 2.34. The number of hydrogen-bond acceptors (Lipinski definition) is 8. The number of rotatable bonds is 5. The molecule has 0 aromatic carbocycles. The molecule has 0 aliphatic carbocycles. The Labute approximate surface area is 179 Å². The summed E-state index contributed by atoms with van der Waals surface area (Å²) < 4.78 is 54.8. The van der Waals surface area contributed by atoms with Crippen molar-refractivity contribution < 1.29 is 27.8 Å². The van der Waals surface area contributed by atoms with Crippen molar-refractivity contribution in [3.63, 3.8) is 0 Å². The maximum absolute atomic E-state index is 13.8. The number of imidazole rings is 1. The van der Waals surface area contributed by atoms with E-state index < -0.39 is 31.1 Å². The van der Waals surface area contributed by atoms with Gasteiger partial charge in [0.1, 0.15) is 41.8 Å². The van der Waals surface area contributed by atoms with Crippen LogP contribution < -0.4 is 10.2 Å². The van der Waals surface area contributed by atoms with Gasteiger partial charge in [0, 0.05) is 18.8 Å². The van der Waals surface area contributed by atoms with Gasteiger partial charge in [-0.2, -0.15) is 18.2 Å². The monoisotopic (exact) mass is 455 g/mol. The molecule has 9 nitrogen and oxygen atoms in total. The van der Waals surface area contributed by atoms with Crippen LogP contribution in [0.4, 0.5) is 35.1 Å². The van der Waals surface area contributed by atoms with Crippen LogP contribution in [-0.2, 0) is 6.61 Å². The first-order valence-corrected chi connectivity index (χ1v) is 9.89. The fourth-order valence-electron chi connectivity index (χ4n) is 3.58. The molecule has 172 valence electrons. The summed E-state index contributed by atoms with van der Waals surface area (Å²) in [5.74, 6) is 0.644. The first-order valence-electron chi connectivity index (χ1n) is 9.89. The minimum absolute atomic E-state index is 0.0483. The average Bonchev–Trinajstić information content (AvgIpc) is 3.12. The van der Waals surface area contributed by atoms with Gasteiger partial charge in [0.2, 0.25) is 5.95 Å². The number of piperidine rings is 1. The molecule has 4 heterocycles. The lowest BCUT2D eigenvalue weighted by Gasteiger charge is -2.32. The predicted molar refractivity (Wildman–Crippen MR) is 107 cm³/mol. The van der Waals surface area contributed by atoms with E-state index >= 15 is 0 Å². The number of anilines is 3. The number of nitrogens with one attached hydrogen (secondary N) is 1. The summed E-state index contributed by atoms with van der Waals surface area (Å²) in [6, 6.07) is 1.02. The molecular formula is C19H21F4N7O2. The molecule has 0 amide bonds. The van der Waals surface area contributed by atoms with Gasteiger partial charge in [0.05, 0.1) is 24.4 Å². The van der Waals surface area contributed by atoms with Crippen LogP contribution in [0.15, 0.2) is 24.5 Å². The molecule has 1 aliphatic rings.